The fourth-order valence-electron chi connectivity index (χ4n) is 7.35. The van der Waals surface area contributed by atoms with E-state index in [2.05, 4.69) is 20.6 Å². The van der Waals surface area contributed by atoms with Gasteiger partial charge in [-0.25, -0.2) is 0 Å². The maximum Gasteiger partial charge on any atom is 0.321 e. The Hall–Kier alpha value is -5.94. The van der Waals surface area contributed by atoms with Crippen LogP contribution in [-0.2, 0) is 22.7 Å². The summed E-state index contributed by atoms with van der Waals surface area (Å²) in [6, 6.07) is 12.3. The summed E-state index contributed by atoms with van der Waals surface area (Å²) in [5, 5.41) is 45.1. The lowest BCUT2D eigenvalue weighted by molar-refractivity contribution is -0.143. The number of aliphatic hydroxyl groups excluding tert-OH is 2. The van der Waals surface area contributed by atoms with E-state index in [1.54, 1.807) is 21.9 Å². The zero-order valence-corrected chi connectivity index (χ0v) is 31.4. The van der Waals surface area contributed by atoms with E-state index in [1.807, 2.05) is 38.1 Å². The number of aliphatic hydroxyl groups is 2. The molecule has 56 heavy (non-hydrogen) atoms. The van der Waals surface area contributed by atoms with Crippen LogP contribution in [0.4, 0.5) is 11.4 Å². The van der Waals surface area contributed by atoms with Crippen molar-refractivity contribution in [3.8, 4) is 22.6 Å². The van der Waals surface area contributed by atoms with Crippen LogP contribution >= 0.6 is 0 Å². The number of pyridine rings is 2. The molecule has 0 spiro atoms. The smallest absolute Gasteiger partial charge is 0.321 e. The number of hydrogen-bond acceptors (Lipinski definition) is 12. The summed E-state index contributed by atoms with van der Waals surface area (Å²) in [7, 11) is 2.90. The minimum Gasteiger partial charge on any atom is -0.496 e. The van der Waals surface area contributed by atoms with Gasteiger partial charge in [0.05, 0.1) is 26.4 Å². The van der Waals surface area contributed by atoms with Gasteiger partial charge in [0.15, 0.2) is 0 Å². The van der Waals surface area contributed by atoms with Gasteiger partial charge in [-0.15, -0.1) is 0 Å². The molecule has 6 N–H and O–H groups in total. The molecule has 0 unspecified atom stereocenters. The molecule has 2 amide bonds. The van der Waals surface area contributed by atoms with E-state index in [-0.39, 0.29) is 50.4 Å². The molecular formula is C40H44N6O10. The number of benzene rings is 2. The Morgan fingerprint density at radius 1 is 0.696 bits per heavy atom. The molecule has 2 aliphatic rings. The standard InChI is InChI=1S/C40H44N6O10/c1-21-27(7-5-9-29(21)43-37(49)31-13-35(55-3)23(15-41-31)17-45-19-25(47)11-33(45)39(51)52)28-8-6-10-30(22(28)2)44-38(50)32-14-36(56-4)24(16-42-32)18-46-20-26(48)12-34(46)40(53)54/h5-10,13-16,25-26,33-34,47-48H,11-12,17-20H2,1-4H3,(H,43,49)(H,44,50)(H,51,52)(H,53,54)/t25-,26-,33+,34+/m1/s1. The third-order valence-corrected chi connectivity index (χ3v) is 10.3. The minimum absolute atomic E-state index is 0.0881. The van der Waals surface area contributed by atoms with Crippen LogP contribution in [0.5, 0.6) is 11.5 Å². The van der Waals surface area contributed by atoms with Crippen LogP contribution in [0.25, 0.3) is 11.1 Å². The maximum absolute atomic E-state index is 13.5. The Bertz CT molecular complexity index is 2010. The van der Waals surface area contributed by atoms with Gasteiger partial charge in [0.1, 0.15) is 35.0 Å². The number of rotatable bonds is 13. The predicted octanol–water partition coefficient (Wildman–Crippen LogP) is 3.32. The van der Waals surface area contributed by atoms with Gasteiger partial charge in [-0.05, 0) is 48.2 Å². The van der Waals surface area contributed by atoms with Crippen molar-refractivity contribution in [2.75, 3.05) is 37.9 Å². The highest BCUT2D eigenvalue weighted by Gasteiger charge is 2.37. The number of methoxy groups -OCH3 is 2. The summed E-state index contributed by atoms with van der Waals surface area (Å²) in [6.07, 6.45) is 1.68. The molecule has 16 heteroatoms. The molecule has 6 rings (SSSR count). The molecule has 2 fully saturated rings. The number of nitrogens with zero attached hydrogens (tertiary/aromatic N) is 4. The molecule has 2 aromatic carbocycles. The molecular weight excluding hydrogens is 724 g/mol. The second-order valence-electron chi connectivity index (χ2n) is 14.0. The summed E-state index contributed by atoms with van der Waals surface area (Å²) in [5.41, 5.74) is 5.56. The maximum atomic E-state index is 13.5. The first kappa shape index (κ1) is 39.7. The third kappa shape index (κ3) is 8.48. The van der Waals surface area contributed by atoms with Crippen molar-refractivity contribution in [2.45, 2.75) is 64.1 Å². The first-order chi connectivity index (χ1) is 26.8. The van der Waals surface area contributed by atoms with Crippen LogP contribution < -0.4 is 20.1 Å². The Morgan fingerprint density at radius 3 is 1.45 bits per heavy atom. The fourth-order valence-corrected chi connectivity index (χ4v) is 7.35. The summed E-state index contributed by atoms with van der Waals surface area (Å²) < 4.78 is 11.1. The van der Waals surface area contributed by atoms with Gasteiger partial charge in [-0.2, -0.15) is 0 Å². The van der Waals surface area contributed by atoms with Crippen LogP contribution in [0.3, 0.4) is 0 Å². The molecule has 4 aromatic rings. The van der Waals surface area contributed by atoms with Gasteiger partial charge >= 0.3 is 11.9 Å². The van der Waals surface area contributed by atoms with Crippen molar-refractivity contribution >= 4 is 35.1 Å². The SMILES string of the molecule is COc1cc(C(=O)Nc2cccc(-c3cccc(NC(=O)c4cc(OC)c(CN5C[C@H](O)C[C@H]5C(=O)O)cn4)c3C)c2C)ncc1CN1C[C@H](O)C[C@H]1C(=O)O. The zero-order chi connectivity index (χ0) is 40.3. The van der Waals surface area contributed by atoms with Crippen LogP contribution in [0.1, 0.15) is 56.1 Å². The lowest BCUT2D eigenvalue weighted by atomic mass is 9.94. The average molecular weight is 769 g/mol. The van der Waals surface area contributed by atoms with E-state index in [4.69, 9.17) is 9.47 Å². The van der Waals surface area contributed by atoms with Crippen LogP contribution in [0.2, 0.25) is 0 Å². The second kappa shape index (κ2) is 16.8. The molecule has 0 radical (unpaired) electrons. The van der Waals surface area contributed by atoms with E-state index in [0.717, 1.165) is 22.3 Å². The highest BCUT2D eigenvalue weighted by atomic mass is 16.5. The lowest BCUT2D eigenvalue weighted by Gasteiger charge is -2.22. The fraction of sp³-hybridized carbons (Fsp3) is 0.350. The molecule has 0 aliphatic carbocycles. The summed E-state index contributed by atoms with van der Waals surface area (Å²) >= 11 is 0. The Balaban J connectivity index is 1.16. The first-order valence-corrected chi connectivity index (χ1v) is 18.0. The van der Waals surface area contributed by atoms with Gasteiger partial charge in [0.2, 0.25) is 0 Å². The number of ether oxygens (including phenoxy) is 2. The lowest BCUT2D eigenvalue weighted by Crippen LogP contribution is -2.35. The van der Waals surface area contributed by atoms with Gasteiger partial charge < -0.3 is 40.5 Å². The molecule has 294 valence electrons. The number of hydrogen-bond donors (Lipinski definition) is 6. The number of likely N-dealkylation sites (tertiary alicyclic amines) is 2. The molecule has 4 atom stereocenters. The van der Waals surface area contributed by atoms with Crippen molar-refractivity contribution < 1.29 is 49.1 Å². The van der Waals surface area contributed by atoms with E-state index < -0.39 is 48.0 Å². The number of aliphatic carboxylic acids is 2. The van der Waals surface area contributed by atoms with Gasteiger partial charge in [0, 0.05) is 86.0 Å². The number of aromatic nitrogens is 2. The van der Waals surface area contributed by atoms with Crippen LogP contribution in [-0.4, -0.2) is 116 Å². The number of amides is 2. The van der Waals surface area contributed by atoms with Crippen molar-refractivity contribution in [3.05, 3.63) is 94.6 Å². The Labute approximate surface area is 322 Å². The van der Waals surface area contributed by atoms with Gasteiger partial charge in [-0.1, -0.05) is 24.3 Å². The molecule has 2 aliphatic heterocycles. The Morgan fingerprint density at radius 2 is 1.09 bits per heavy atom. The zero-order valence-electron chi connectivity index (χ0n) is 31.4. The number of β-amino-alcohol motifs (C(OH)–C–C–N with tert-alkyl or cyclic N) is 2. The molecule has 0 bridgehead atoms. The molecule has 16 nitrogen and oxygen atoms in total. The Kier molecular flexibility index (Phi) is 11.9. The molecule has 2 saturated heterocycles. The van der Waals surface area contributed by atoms with Crippen molar-refractivity contribution in [1.29, 1.82) is 0 Å². The van der Waals surface area contributed by atoms with E-state index in [9.17, 15) is 39.6 Å². The number of carboxylic acid groups (broad SMARTS) is 2. The first-order valence-electron chi connectivity index (χ1n) is 18.0. The highest BCUT2D eigenvalue weighted by molar-refractivity contribution is 6.05. The third-order valence-electron chi connectivity index (χ3n) is 10.3. The number of carboxylic acids is 2. The monoisotopic (exact) mass is 768 g/mol. The summed E-state index contributed by atoms with van der Waals surface area (Å²) in [6.45, 7) is 4.47. The number of carbonyl (C=O) groups excluding carboxylic acids is 2. The van der Waals surface area contributed by atoms with Crippen LogP contribution in [0.15, 0.2) is 60.9 Å². The highest BCUT2D eigenvalue weighted by Crippen LogP contribution is 2.35. The van der Waals surface area contributed by atoms with Crippen molar-refractivity contribution in [2.24, 2.45) is 0 Å². The predicted molar refractivity (Wildman–Crippen MR) is 204 cm³/mol. The number of carbonyl (C=O) groups is 4. The molecule has 0 saturated carbocycles. The normalized spacial score (nSPS) is 19.8. The summed E-state index contributed by atoms with van der Waals surface area (Å²) in [5.74, 6) is -2.30. The van der Waals surface area contributed by atoms with Crippen molar-refractivity contribution in [3.63, 3.8) is 0 Å². The molecule has 2 aromatic heterocycles. The average Bonchev–Trinajstić information content (AvgIpc) is 3.74. The van der Waals surface area contributed by atoms with Gasteiger partial charge in [-0.3, -0.25) is 38.9 Å². The number of nitrogens with one attached hydrogen (secondary N) is 2. The van der Waals surface area contributed by atoms with Gasteiger partial charge in [0.25, 0.3) is 11.8 Å². The van der Waals surface area contributed by atoms with E-state index in [0.29, 0.717) is 34.0 Å². The second-order valence-corrected chi connectivity index (χ2v) is 14.0. The largest absolute Gasteiger partial charge is 0.496 e. The topological polar surface area (TPSA) is 224 Å². The van der Waals surface area contributed by atoms with E-state index in [1.165, 1.54) is 38.7 Å². The molecule has 4 heterocycles. The summed E-state index contributed by atoms with van der Waals surface area (Å²) in [4.78, 5) is 62.3. The number of anilines is 2. The van der Waals surface area contributed by atoms with Crippen LogP contribution in [0, 0.1) is 13.8 Å². The van der Waals surface area contributed by atoms with Crippen molar-refractivity contribution in [1.82, 2.24) is 19.8 Å². The minimum atomic E-state index is -1.02. The quantitative estimate of drug-likeness (QED) is 0.115. The van der Waals surface area contributed by atoms with E-state index >= 15 is 0 Å².